The van der Waals surface area contributed by atoms with Gasteiger partial charge in [-0.15, -0.1) is 0 Å². The van der Waals surface area contributed by atoms with E-state index in [1.807, 2.05) is 0 Å². The maximum Gasteiger partial charge on any atom is 0.0770 e. The van der Waals surface area contributed by atoms with Crippen molar-refractivity contribution >= 4 is 31.9 Å². The van der Waals surface area contributed by atoms with Crippen molar-refractivity contribution in [1.82, 2.24) is 0 Å². The van der Waals surface area contributed by atoms with Crippen molar-refractivity contribution in [3.63, 3.8) is 0 Å². The van der Waals surface area contributed by atoms with Gasteiger partial charge in [0.15, 0.2) is 0 Å². The lowest BCUT2D eigenvalue weighted by Crippen LogP contribution is -2.11. The highest BCUT2D eigenvalue weighted by Gasteiger charge is 2.02. The SMILES string of the molecule is OCC(O)CCCCC(Br)Br. The third-order valence-corrected chi connectivity index (χ3v) is 2.34. The molecule has 0 rings (SSSR count). The Morgan fingerprint density at radius 1 is 1.09 bits per heavy atom. The van der Waals surface area contributed by atoms with Gasteiger partial charge in [-0.25, -0.2) is 0 Å². The standard InChI is InChI=1S/C7H14Br2O2/c8-7(9)4-2-1-3-6(11)5-10/h6-7,10-11H,1-5H2. The van der Waals surface area contributed by atoms with E-state index in [1.165, 1.54) is 0 Å². The number of rotatable bonds is 6. The van der Waals surface area contributed by atoms with Crippen LogP contribution in [0.3, 0.4) is 0 Å². The van der Waals surface area contributed by atoms with E-state index in [0.717, 1.165) is 19.3 Å². The molecular weight excluding hydrogens is 276 g/mol. The minimum Gasteiger partial charge on any atom is -0.394 e. The van der Waals surface area contributed by atoms with E-state index in [4.69, 9.17) is 10.2 Å². The van der Waals surface area contributed by atoms with E-state index in [2.05, 4.69) is 31.9 Å². The van der Waals surface area contributed by atoms with Gasteiger partial charge in [0.25, 0.3) is 0 Å². The fraction of sp³-hybridized carbons (Fsp3) is 1.00. The third kappa shape index (κ3) is 8.79. The second-order valence-corrected chi connectivity index (χ2v) is 5.95. The number of aliphatic hydroxyl groups excluding tert-OH is 2. The molecule has 0 aliphatic carbocycles. The van der Waals surface area contributed by atoms with Crippen LogP contribution in [-0.2, 0) is 0 Å². The van der Waals surface area contributed by atoms with Crippen LogP contribution in [-0.4, -0.2) is 26.7 Å². The summed E-state index contributed by atoms with van der Waals surface area (Å²) in [7, 11) is 0. The quantitative estimate of drug-likeness (QED) is 0.580. The van der Waals surface area contributed by atoms with E-state index in [-0.39, 0.29) is 6.61 Å². The van der Waals surface area contributed by atoms with Crippen LogP contribution in [0.4, 0.5) is 0 Å². The molecule has 2 N–H and O–H groups in total. The molecule has 0 aliphatic rings. The van der Waals surface area contributed by atoms with Crippen LogP contribution >= 0.6 is 31.9 Å². The summed E-state index contributed by atoms with van der Waals surface area (Å²) in [6.45, 7) is -0.119. The lowest BCUT2D eigenvalue weighted by molar-refractivity contribution is 0.0861. The monoisotopic (exact) mass is 288 g/mol. The summed E-state index contributed by atoms with van der Waals surface area (Å²) in [5.41, 5.74) is 0. The summed E-state index contributed by atoms with van der Waals surface area (Å²) < 4.78 is 0.376. The average Bonchev–Trinajstić information content (AvgIpc) is 1.97. The van der Waals surface area contributed by atoms with Crippen LogP contribution in [0.25, 0.3) is 0 Å². The highest BCUT2D eigenvalue weighted by atomic mass is 79.9. The normalized spacial score (nSPS) is 13.9. The molecule has 0 fully saturated rings. The maximum absolute atomic E-state index is 8.95. The predicted octanol–water partition coefficient (Wildman–Crippen LogP) is 2.02. The van der Waals surface area contributed by atoms with E-state index in [9.17, 15) is 0 Å². The molecule has 0 aromatic heterocycles. The van der Waals surface area contributed by atoms with Crippen molar-refractivity contribution in [3.8, 4) is 0 Å². The summed E-state index contributed by atoms with van der Waals surface area (Å²) in [6.07, 6.45) is 3.26. The predicted molar refractivity (Wildman–Crippen MR) is 53.2 cm³/mol. The minimum absolute atomic E-state index is 0.119. The van der Waals surface area contributed by atoms with Crippen LogP contribution in [0.1, 0.15) is 25.7 Å². The smallest absolute Gasteiger partial charge is 0.0770 e. The van der Waals surface area contributed by atoms with Crippen LogP contribution in [0.15, 0.2) is 0 Å². The topological polar surface area (TPSA) is 40.5 Å². The van der Waals surface area contributed by atoms with Crippen molar-refractivity contribution in [2.45, 2.75) is 35.5 Å². The van der Waals surface area contributed by atoms with Gasteiger partial charge >= 0.3 is 0 Å². The van der Waals surface area contributed by atoms with Crippen LogP contribution in [0, 0.1) is 0 Å². The first-order valence-corrected chi connectivity index (χ1v) is 5.57. The highest BCUT2D eigenvalue weighted by molar-refractivity contribution is 9.24. The van der Waals surface area contributed by atoms with Gasteiger partial charge in [-0.1, -0.05) is 44.7 Å². The fourth-order valence-corrected chi connectivity index (χ4v) is 1.42. The van der Waals surface area contributed by atoms with Crippen LogP contribution in [0.5, 0.6) is 0 Å². The first-order chi connectivity index (χ1) is 5.16. The Labute approximate surface area is 84.3 Å². The van der Waals surface area contributed by atoms with Gasteiger partial charge in [0.1, 0.15) is 0 Å². The van der Waals surface area contributed by atoms with Gasteiger partial charge in [-0.3, -0.25) is 0 Å². The molecule has 0 heterocycles. The molecule has 0 saturated heterocycles. The summed E-state index contributed by atoms with van der Waals surface area (Å²) >= 11 is 6.73. The molecule has 0 amide bonds. The van der Waals surface area contributed by atoms with Gasteiger partial charge in [0.2, 0.25) is 0 Å². The van der Waals surface area contributed by atoms with Crippen molar-refractivity contribution in [2.75, 3.05) is 6.61 Å². The Balaban J connectivity index is 3.01. The van der Waals surface area contributed by atoms with Gasteiger partial charge in [0.05, 0.1) is 16.4 Å². The third-order valence-electron chi connectivity index (χ3n) is 1.42. The summed E-state index contributed by atoms with van der Waals surface area (Å²) in [6, 6.07) is 0. The first kappa shape index (κ1) is 11.9. The molecular formula is C7H14Br2O2. The van der Waals surface area contributed by atoms with E-state index >= 15 is 0 Å². The zero-order valence-electron chi connectivity index (χ0n) is 6.34. The summed E-state index contributed by atoms with van der Waals surface area (Å²) in [5, 5.41) is 17.4. The molecule has 0 bridgehead atoms. The Morgan fingerprint density at radius 3 is 2.09 bits per heavy atom. The average molecular weight is 290 g/mol. The van der Waals surface area contributed by atoms with Crippen LogP contribution < -0.4 is 0 Å². The Hall–Kier alpha value is 0.880. The molecule has 4 heteroatoms. The number of hydrogen-bond donors (Lipinski definition) is 2. The minimum atomic E-state index is -0.529. The van der Waals surface area contributed by atoms with E-state index < -0.39 is 6.10 Å². The van der Waals surface area contributed by atoms with Crippen molar-refractivity contribution in [2.24, 2.45) is 0 Å². The Morgan fingerprint density at radius 2 is 1.64 bits per heavy atom. The molecule has 0 spiro atoms. The lowest BCUT2D eigenvalue weighted by atomic mass is 10.1. The molecule has 0 saturated carbocycles. The molecule has 0 aromatic carbocycles. The van der Waals surface area contributed by atoms with Crippen molar-refractivity contribution in [3.05, 3.63) is 0 Å². The molecule has 2 nitrogen and oxygen atoms in total. The zero-order valence-corrected chi connectivity index (χ0v) is 9.51. The lowest BCUT2D eigenvalue weighted by Gasteiger charge is -2.06. The second-order valence-electron chi connectivity index (χ2n) is 2.51. The molecule has 11 heavy (non-hydrogen) atoms. The largest absolute Gasteiger partial charge is 0.394 e. The first-order valence-electron chi connectivity index (χ1n) is 3.74. The highest BCUT2D eigenvalue weighted by Crippen LogP contribution is 2.16. The number of alkyl halides is 2. The van der Waals surface area contributed by atoms with Gasteiger partial charge in [-0.05, 0) is 12.8 Å². The molecule has 0 aromatic rings. The number of aliphatic hydroxyl groups is 2. The van der Waals surface area contributed by atoms with Gasteiger partial charge in [-0.2, -0.15) is 0 Å². The van der Waals surface area contributed by atoms with Gasteiger partial charge < -0.3 is 10.2 Å². The van der Waals surface area contributed by atoms with Crippen molar-refractivity contribution in [1.29, 1.82) is 0 Å². The fourth-order valence-electron chi connectivity index (χ4n) is 0.770. The van der Waals surface area contributed by atoms with Gasteiger partial charge in [0, 0.05) is 0 Å². The van der Waals surface area contributed by atoms with Crippen molar-refractivity contribution < 1.29 is 10.2 Å². The molecule has 1 unspecified atom stereocenters. The molecule has 0 aliphatic heterocycles. The van der Waals surface area contributed by atoms with Crippen LogP contribution in [0.2, 0.25) is 0 Å². The number of unbranched alkanes of at least 4 members (excludes halogenated alkanes) is 1. The second kappa shape index (κ2) is 7.53. The number of halogens is 2. The zero-order chi connectivity index (χ0) is 8.69. The molecule has 0 radical (unpaired) electrons. The summed E-state index contributed by atoms with van der Waals surface area (Å²) in [4.78, 5) is 0. The Kier molecular flexibility index (Phi) is 8.13. The summed E-state index contributed by atoms with van der Waals surface area (Å²) in [5.74, 6) is 0. The van der Waals surface area contributed by atoms with E-state index in [0.29, 0.717) is 10.2 Å². The van der Waals surface area contributed by atoms with E-state index in [1.54, 1.807) is 0 Å². The molecule has 68 valence electrons. The maximum atomic E-state index is 8.95. The Bertz CT molecular complexity index is 88.5. The molecule has 1 atom stereocenters. The number of hydrogen-bond acceptors (Lipinski definition) is 2.